The van der Waals surface area contributed by atoms with Crippen molar-refractivity contribution in [1.29, 1.82) is 0 Å². The number of aromatic amines is 3. The molecule has 2 aromatic heterocycles. The highest BCUT2D eigenvalue weighted by molar-refractivity contribution is 6.09. The normalized spacial score (nSPS) is 11.0. The number of benzene rings is 2. The molecule has 118 valence electrons. The van der Waals surface area contributed by atoms with Gasteiger partial charge in [-0.2, -0.15) is 0 Å². The van der Waals surface area contributed by atoms with E-state index in [2.05, 4.69) is 25.5 Å². The molecule has 0 bridgehead atoms. The molecule has 0 saturated heterocycles. The molecule has 24 heavy (non-hydrogen) atoms. The van der Waals surface area contributed by atoms with Crippen LogP contribution in [0.2, 0.25) is 0 Å². The molecular formula is C16H11N5O3. The van der Waals surface area contributed by atoms with E-state index >= 15 is 0 Å². The Labute approximate surface area is 133 Å². The lowest BCUT2D eigenvalue weighted by molar-refractivity contribution is 0.102. The third-order valence-electron chi connectivity index (χ3n) is 3.76. The fourth-order valence-corrected chi connectivity index (χ4v) is 2.60. The van der Waals surface area contributed by atoms with Gasteiger partial charge in [0.1, 0.15) is 0 Å². The number of carbonyl (C=O) groups is 1. The number of carbonyl (C=O) groups excluding carboxylic acids is 1. The molecule has 0 radical (unpaired) electrons. The van der Waals surface area contributed by atoms with Crippen LogP contribution in [-0.4, -0.2) is 26.1 Å². The first-order valence-corrected chi connectivity index (χ1v) is 7.11. The number of H-pyrrole nitrogens is 3. The molecule has 0 fully saturated rings. The first-order chi connectivity index (χ1) is 11.6. The largest absolute Gasteiger partial charge is 0.345 e. The Morgan fingerprint density at radius 2 is 1.88 bits per heavy atom. The lowest BCUT2D eigenvalue weighted by Gasteiger charge is -2.08. The SMILES string of the molecule is O=C(Nc1cccc2c(=O)[nH][nH]c(=O)c12)c1ccc2nc[nH]c2c1. The molecule has 0 aliphatic heterocycles. The van der Waals surface area contributed by atoms with Crippen LogP contribution < -0.4 is 16.4 Å². The van der Waals surface area contributed by atoms with Crippen LogP contribution in [0.4, 0.5) is 5.69 Å². The van der Waals surface area contributed by atoms with Gasteiger partial charge in [0.2, 0.25) is 0 Å². The zero-order chi connectivity index (χ0) is 16.7. The van der Waals surface area contributed by atoms with Gasteiger partial charge < -0.3 is 10.3 Å². The maximum atomic E-state index is 12.5. The van der Waals surface area contributed by atoms with E-state index in [1.807, 2.05) is 0 Å². The van der Waals surface area contributed by atoms with E-state index in [-0.39, 0.29) is 16.5 Å². The van der Waals surface area contributed by atoms with Crippen LogP contribution in [-0.2, 0) is 0 Å². The lowest BCUT2D eigenvalue weighted by Crippen LogP contribution is -2.21. The van der Waals surface area contributed by atoms with Crippen molar-refractivity contribution in [3.05, 3.63) is 69.0 Å². The summed E-state index contributed by atoms with van der Waals surface area (Å²) in [6.45, 7) is 0. The van der Waals surface area contributed by atoms with E-state index in [4.69, 9.17) is 0 Å². The van der Waals surface area contributed by atoms with Crippen LogP contribution in [0.15, 0.2) is 52.3 Å². The summed E-state index contributed by atoms with van der Waals surface area (Å²) in [4.78, 5) is 43.3. The zero-order valence-electron chi connectivity index (χ0n) is 12.2. The molecule has 2 aromatic carbocycles. The van der Waals surface area contributed by atoms with Gasteiger partial charge in [-0.3, -0.25) is 24.6 Å². The summed E-state index contributed by atoms with van der Waals surface area (Å²) in [5.41, 5.74) is 1.25. The minimum absolute atomic E-state index is 0.136. The molecule has 2 heterocycles. The molecule has 0 atom stereocenters. The molecule has 0 saturated carbocycles. The first-order valence-electron chi connectivity index (χ1n) is 7.11. The zero-order valence-corrected chi connectivity index (χ0v) is 12.2. The summed E-state index contributed by atoms with van der Waals surface area (Å²) in [7, 11) is 0. The van der Waals surface area contributed by atoms with Crippen LogP contribution >= 0.6 is 0 Å². The van der Waals surface area contributed by atoms with Crippen LogP contribution in [0.5, 0.6) is 0 Å². The Balaban J connectivity index is 1.79. The van der Waals surface area contributed by atoms with Crippen molar-refractivity contribution in [2.45, 2.75) is 0 Å². The van der Waals surface area contributed by atoms with Gasteiger partial charge in [-0.05, 0) is 30.3 Å². The predicted molar refractivity (Wildman–Crippen MR) is 89.2 cm³/mol. The average molecular weight is 321 g/mol. The second-order valence-corrected chi connectivity index (χ2v) is 5.22. The Morgan fingerprint density at radius 1 is 1.04 bits per heavy atom. The molecule has 8 heteroatoms. The number of hydrogen-bond acceptors (Lipinski definition) is 4. The standard InChI is InChI=1S/C16H11N5O3/c22-14(8-4-5-10-12(6-8)18-7-17-10)19-11-3-1-2-9-13(11)16(24)21-20-15(9)23/h1-7H,(H,17,18)(H,19,22)(H,20,23)(H,21,24). The van der Waals surface area contributed by atoms with Crippen LogP contribution in [0, 0.1) is 0 Å². The summed E-state index contributed by atoms with van der Waals surface area (Å²) in [5, 5.41) is 7.54. The number of rotatable bonds is 2. The van der Waals surface area contributed by atoms with Crippen LogP contribution in [0.3, 0.4) is 0 Å². The van der Waals surface area contributed by atoms with E-state index < -0.39 is 17.0 Å². The summed E-state index contributed by atoms with van der Waals surface area (Å²) in [5.74, 6) is -0.390. The van der Waals surface area contributed by atoms with E-state index in [9.17, 15) is 14.4 Å². The summed E-state index contributed by atoms with van der Waals surface area (Å²) >= 11 is 0. The van der Waals surface area contributed by atoms with Crippen molar-refractivity contribution in [2.75, 3.05) is 5.32 Å². The van der Waals surface area contributed by atoms with Gasteiger partial charge in [0.25, 0.3) is 17.0 Å². The third kappa shape index (κ3) is 2.17. The van der Waals surface area contributed by atoms with Gasteiger partial charge >= 0.3 is 0 Å². The molecule has 4 rings (SSSR count). The summed E-state index contributed by atoms with van der Waals surface area (Å²) < 4.78 is 0. The topological polar surface area (TPSA) is 124 Å². The number of nitrogens with one attached hydrogen (secondary N) is 4. The van der Waals surface area contributed by atoms with Crippen molar-refractivity contribution >= 4 is 33.4 Å². The van der Waals surface area contributed by atoms with Gasteiger partial charge in [0, 0.05) is 5.56 Å². The second-order valence-electron chi connectivity index (χ2n) is 5.22. The second kappa shape index (κ2) is 5.20. The quantitative estimate of drug-likeness (QED) is 0.445. The minimum atomic E-state index is -0.482. The van der Waals surface area contributed by atoms with Gasteiger partial charge in [-0.15, -0.1) is 0 Å². The molecule has 1 amide bonds. The van der Waals surface area contributed by atoms with Crippen molar-refractivity contribution < 1.29 is 4.79 Å². The first kappa shape index (κ1) is 13.9. The number of anilines is 1. The van der Waals surface area contributed by atoms with Gasteiger partial charge in [-0.25, -0.2) is 4.98 Å². The maximum absolute atomic E-state index is 12.5. The molecule has 0 unspecified atom stereocenters. The van der Waals surface area contributed by atoms with Crippen LogP contribution in [0.25, 0.3) is 21.8 Å². The van der Waals surface area contributed by atoms with E-state index in [1.165, 1.54) is 6.07 Å². The Kier molecular flexibility index (Phi) is 3.02. The van der Waals surface area contributed by atoms with Crippen molar-refractivity contribution in [3.63, 3.8) is 0 Å². The number of fused-ring (bicyclic) bond motifs is 2. The van der Waals surface area contributed by atoms with E-state index in [0.29, 0.717) is 5.56 Å². The van der Waals surface area contributed by atoms with Crippen molar-refractivity contribution in [3.8, 4) is 0 Å². The van der Waals surface area contributed by atoms with Gasteiger partial charge in [-0.1, -0.05) is 6.07 Å². The fourth-order valence-electron chi connectivity index (χ4n) is 2.60. The summed E-state index contributed by atoms with van der Waals surface area (Å²) in [6.07, 6.45) is 1.54. The minimum Gasteiger partial charge on any atom is -0.345 e. The molecule has 4 N–H and O–H groups in total. The number of amides is 1. The van der Waals surface area contributed by atoms with Crippen LogP contribution in [0.1, 0.15) is 10.4 Å². The number of nitrogens with zero attached hydrogens (tertiary/aromatic N) is 1. The van der Waals surface area contributed by atoms with Crippen molar-refractivity contribution in [2.24, 2.45) is 0 Å². The third-order valence-corrected chi connectivity index (χ3v) is 3.76. The Morgan fingerprint density at radius 3 is 2.75 bits per heavy atom. The Bertz CT molecular complexity index is 1200. The number of hydrogen-bond donors (Lipinski definition) is 4. The van der Waals surface area contributed by atoms with Gasteiger partial charge in [0.05, 0.1) is 33.8 Å². The Hall–Kier alpha value is -3.68. The molecule has 8 nitrogen and oxygen atoms in total. The highest BCUT2D eigenvalue weighted by Gasteiger charge is 2.13. The number of imidazole rings is 1. The smallest absolute Gasteiger partial charge is 0.272 e. The highest BCUT2D eigenvalue weighted by atomic mass is 16.2. The van der Waals surface area contributed by atoms with E-state index in [1.54, 1.807) is 36.7 Å². The molecule has 0 aliphatic carbocycles. The van der Waals surface area contributed by atoms with Gasteiger partial charge in [0.15, 0.2) is 0 Å². The average Bonchev–Trinajstić information content (AvgIpc) is 3.06. The molecule has 0 aliphatic rings. The molecular weight excluding hydrogens is 310 g/mol. The molecule has 4 aromatic rings. The van der Waals surface area contributed by atoms with Crippen molar-refractivity contribution in [1.82, 2.24) is 20.2 Å². The summed E-state index contributed by atoms with van der Waals surface area (Å²) in [6, 6.07) is 9.73. The molecule has 0 spiro atoms. The monoisotopic (exact) mass is 321 g/mol. The predicted octanol–water partition coefficient (Wildman–Crippen LogP) is 1.34. The number of aromatic nitrogens is 4. The fraction of sp³-hybridized carbons (Fsp3) is 0. The maximum Gasteiger partial charge on any atom is 0.272 e. The highest BCUT2D eigenvalue weighted by Crippen LogP contribution is 2.19. The lowest BCUT2D eigenvalue weighted by atomic mass is 10.1. The van der Waals surface area contributed by atoms with E-state index in [0.717, 1.165) is 11.0 Å².